The van der Waals surface area contributed by atoms with E-state index in [0.717, 1.165) is 35.0 Å². The summed E-state index contributed by atoms with van der Waals surface area (Å²) in [5.41, 5.74) is 3.02. The number of hydrogen-bond donors (Lipinski definition) is 1. The van der Waals surface area contributed by atoms with Gasteiger partial charge in [0, 0.05) is 19.2 Å². The Balaban J connectivity index is 1.89. The van der Waals surface area contributed by atoms with E-state index >= 15 is 0 Å². The first-order valence-corrected chi connectivity index (χ1v) is 7.43. The van der Waals surface area contributed by atoms with Crippen molar-refractivity contribution in [2.24, 2.45) is 0 Å². The normalized spacial score (nSPS) is 12.7. The molecule has 0 aliphatic carbocycles. The second-order valence-electron chi connectivity index (χ2n) is 5.29. The smallest absolute Gasteiger partial charge is 0.231 e. The van der Waals surface area contributed by atoms with Crippen molar-refractivity contribution in [1.82, 2.24) is 9.97 Å². The highest BCUT2D eigenvalue weighted by atomic mass is 16.7. The number of imidazole rings is 1. The molecule has 1 aromatic heterocycles. The maximum absolute atomic E-state index is 5.70. The third kappa shape index (κ3) is 2.68. The van der Waals surface area contributed by atoms with E-state index in [9.17, 15) is 0 Å². The summed E-state index contributed by atoms with van der Waals surface area (Å²) >= 11 is 0. The van der Waals surface area contributed by atoms with E-state index in [4.69, 9.17) is 9.47 Å². The van der Waals surface area contributed by atoms with E-state index in [1.807, 2.05) is 0 Å². The number of benzene rings is 1. The van der Waals surface area contributed by atoms with Gasteiger partial charge >= 0.3 is 0 Å². The summed E-state index contributed by atoms with van der Waals surface area (Å²) in [6.45, 7) is 3.51. The average molecular weight is 287 g/mol. The fraction of sp³-hybridized carbons (Fsp3) is 0.438. The molecule has 0 radical (unpaired) electrons. The molecule has 0 saturated heterocycles. The van der Waals surface area contributed by atoms with Crippen LogP contribution >= 0.6 is 0 Å². The molecule has 0 unspecified atom stereocenters. The van der Waals surface area contributed by atoms with Gasteiger partial charge < -0.3 is 19.4 Å². The van der Waals surface area contributed by atoms with Crippen LogP contribution in [0.1, 0.15) is 26.2 Å². The van der Waals surface area contributed by atoms with Crippen LogP contribution in [0.25, 0.3) is 11.3 Å². The van der Waals surface area contributed by atoms with Crippen LogP contribution in [-0.2, 0) is 0 Å². The quantitative estimate of drug-likeness (QED) is 0.827. The molecule has 3 rings (SSSR count). The average Bonchev–Trinajstić information content (AvgIpc) is 3.17. The standard InChI is InChI=1S/C16H21N3O2/c1-3-4-5-8-19(2)14-7-6-12(13-9-17-10-18-13)15-16(14)21-11-20-15/h6-7,9-10H,3-5,8,11H2,1-2H3,(H,17,18). The molecular formula is C16H21N3O2. The van der Waals surface area contributed by atoms with Crippen molar-refractivity contribution in [1.29, 1.82) is 0 Å². The lowest BCUT2D eigenvalue weighted by atomic mass is 10.1. The van der Waals surface area contributed by atoms with E-state index in [2.05, 4.69) is 41.0 Å². The molecule has 0 spiro atoms. The third-order valence-corrected chi connectivity index (χ3v) is 3.79. The maximum Gasteiger partial charge on any atom is 0.231 e. The predicted octanol–water partition coefficient (Wildman–Crippen LogP) is 3.43. The molecule has 112 valence electrons. The molecule has 5 nitrogen and oxygen atoms in total. The lowest BCUT2D eigenvalue weighted by Crippen LogP contribution is -2.18. The molecule has 1 aromatic carbocycles. The summed E-state index contributed by atoms with van der Waals surface area (Å²) in [5.74, 6) is 1.64. The van der Waals surface area contributed by atoms with Gasteiger partial charge in [0.2, 0.25) is 6.79 Å². The van der Waals surface area contributed by atoms with Crippen LogP contribution in [0.4, 0.5) is 5.69 Å². The van der Waals surface area contributed by atoms with Gasteiger partial charge in [0.15, 0.2) is 11.5 Å². The van der Waals surface area contributed by atoms with Crippen molar-refractivity contribution in [3.05, 3.63) is 24.7 Å². The number of rotatable bonds is 6. The zero-order valence-electron chi connectivity index (χ0n) is 12.6. The molecule has 21 heavy (non-hydrogen) atoms. The Bertz CT molecular complexity index is 596. The van der Waals surface area contributed by atoms with Crippen LogP contribution in [0.5, 0.6) is 11.5 Å². The molecule has 1 N–H and O–H groups in total. The largest absolute Gasteiger partial charge is 0.453 e. The Morgan fingerprint density at radius 2 is 2.10 bits per heavy atom. The Morgan fingerprint density at radius 3 is 2.86 bits per heavy atom. The first kappa shape index (κ1) is 13.8. The van der Waals surface area contributed by atoms with E-state index in [0.29, 0.717) is 0 Å². The molecular weight excluding hydrogens is 266 g/mol. The molecule has 1 aliphatic heterocycles. The van der Waals surface area contributed by atoms with Crippen LogP contribution in [0, 0.1) is 0 Å². The Labute approximate surface area is 124 Å². The van der Waals surface area contributed by atoms with Crippen LogP contribution in [0.2, 0.25) is 0 Å². The highest BCUT2D eigenvalue weighted by Crippen LogP contribution is 2.46. The Morgan fingerprint density at radius 1 is 1.24 bits per heavy atom. The van der Waals surface area contributed by atoms with E-state index in [-0.39, 0.29) is 6.79 Å². The van der Waals surface area contributed by atoms with Crippen molar-refractivity contribution >= 4 is 5.69 Å². The molecule has 0 amide bonds. The number of aromatic nitrogens is 2. The summed E-state index contributed by atoms with van der Waals surface area (Å²) in [5, 5.41) is 0. The number of nitrogens with one attached hydrogen (secondary N) is 1. The first-order valence-electron chi connectivity index (χ1n) is 7.43. The molecule has 0 saturated carbocycles. The number of H-pyrrole nitrogens is 1. The van der Waals surface area contributed by atoms with E-state index in [1.54, 1.807) is 12.5 Å². The zero-order chi connectivity index (χ0) is 14.7. The fourth-order valence-electron chi connectivity index (χ4n) is 2.62. The lowest BCUT2D eigenvalue weighted by molar-refractivity contribution is 0.174. The topological polar surface area (TPSA) is 50.4 Å². The molecule has 1 aliphatic rings. The van der Waals surface area contributed by atoms with Gasteiger partial charge in [0.1, 0.15) is 0 Å². The van der Waals surface area contributed by atoms with Gasteiger partial charge in [0.05, 0.1) is 23.9 Å². The lowest BCUT2D eigenvalue weighted by Gasteiger charge is -2.21. The third-order valence-electron chi connectivity index (χ3n) is 3.79. The minimum Gasteiger partial charge on any atom is -0.453 e. The number of unbranched alkanes of at least 4 members (excludes halogenated alkanes) is 2. The molecule has 2 heterocycles. The molecule has 5 heteroatoms. The number of nitrogens with zero attached hydrogens (tertiary/aromatic N) is 2. The highest BCUT2D eigenvalue weighted by molar-refractivity contribution is 5.78. The van der Waals surface area contributed by atoms with Crippen LogP contribution < -0.4 is 14.4 Å². The van der Waals surface area contributed by atoms with Crippen molar-refractivity contribution < 1.29 is 9.47 Å². The van der Waals surface area contributed by atoms with Gasteiger partial charge in [-0.25, -0.2) is 4.98 Å². The van der Waals surface area contributed by atoms with Crippen molar-refractivity contribution in [2.45, 2.75) is 26.2 Å². The van der Waals surface area contributed by atoms with Crippen LogP contribution in [0.3, 0.4) is 0 Å². The first-order chi connectivity index (χ1) is 10.3. The Kier molecular flexibility index (Phi) is 3.99. The predicted molar refractivity (Wildman–Crippen MR) is 82.9 cm³/mol. The summed E-state index contributed by atoms with van der Waals surface area (Å²) in [4.78, 5) is 9.42. The van der Waals surface area contributed by atoms with E-state index in [1.165, 1.54) is 19.3 Å². The minimum absolute atomic E-state index is 0.274. The minimum atomic E-state index is 0.274. The number of aromatic amines is 1. The fourth-order valence-corrected chi connectivity index (χ4v) is 2.62. The van der Waals surface area contributed by atoms with Crippen molar-refractivity contribution in [3.63, 3.8) is 0 Å². The summed E-state index contributed by atoms with van der Waals surface area (Å²) < 4.78 is 11.4. The monoisotopic (exact) mass is 287 g/mol. The van der Waals surface area contributed by atoms with Crippen LogP contribution in [-0.4, -0.2) is 30.4 Å². The Hall–Kier alpha value is -2.17. The maximum atomic E-state index is 5.70. The SMILES string of the molecule is CCCCCN(C)c1ccc(-c2cnc[nH]2)c2c1OCO2. The van der Waals surface area contributed by atoms with Crippen molar-refractivity contribution in [3.8, 4) is 22.8 Å². The van der Waals surface area contributed by atoms with Gasteiger partial charge in [-0.1, -0.05) is 19.8 Å². The second-order valence-corrected chi connectivity index (χ2v) is 5.29. The molecule has 0 fully saturated rings. The van der Waals surface area contributed by atoms with Gasteiger partial charge in [-0.15, -0.1) is 0 Å². The number of hydrogen-bond acceptors (Lipinski definition) is 4. The summed E-state index contributed by atoms with van der Waals surface area (Å²) in [6.07, 6.45) is 7.12. The van der Waals surface area contributed by atoms with Gasteiger partial charge in [0.25, 0.3) is 0 Å². The summed E-state index contributed by atoms with van der Waals surface area (Å²) in [6, 6.07) is 4.16. The second kappa shape index (κ2) is 6.08. The van der Waals surface area contributed by atoms with Crippen LogP contribution in [0.15, 0.2) is 24.7 Å². The number of ether oxygens (including phenoxy) is 2. The van der Waals surface area contributed by atoms with E-state index < -0.39 is 0 Å². The number of fused-ring (bicyclic) bond motifs is 1. The molecule has 2 aromatic rings. The summed E-state index contributed by atoms with van der Waals surface area (Å²) in [7, 11) is 2.10. The molecule has 0 atom stereocenters. The van der Waals surface area contributed by atoms with Gasteiger partial charge in [-0.2, -0.15) is 0 Å². The van der Waals surface area contributed by atoms with Gasteiger partial charge in [-0.05, 0) is 18.6 Å². The number of anilines is 1. The zero-order valence-corrected chi connectivity index (χ0v) is 12.6. The van der Waals surface area contributed by atoms with Gasteiger partial charge in [-0.3, -0.25) is 0 Å². The highest BCUT2D eigenvalue weighted by Gasteiger charge is 2.24. The molecule has 0 bridgehead atoms. The van der Waals surface area contributed by atoms with Crippen molar-refractivity contribution in [2.75, 3.05) is 25.3 Å².